The van der Waals surface area contributed by atoms with Crippen molar-refractivity contribution in [1.29, 1.82) is 0 Å². The predicted molar refractivity (Wildman–Crippen MR) is 77.9 cm³/mol. The van der Waals surface area contributed by atoms with Crippen LogP contribution < -0.4 is 20.1 Å². The average Bonchev–Trinajstić information content (AvgIpc) is 2.45. The van der Waals surface area contributed by atoms with E-state index in [0.29, 0.717) is 35.4 Å². The number of methoxy groups -OCH3 is 3. The van der Waals surface area contributed by atoms with Crippen LogP contribution in [0.4, 0.5) is 5.69 Å². The van der Waals surface area contributed by atoms with Crippen LogP contribution in [0.1, 0.15) is 0 Å². The number of carbonyl (C=O) groups excluding carboxylic acids is 1. The van der Waals surface area contributed by atoms with Crippen molar-refractivity contribution in [3.63, 3.8) is 0 Å². The molecule has 0 fully saturated rings. The molecule has 0 saturated carbocycles. The van der Waals surface area contributed by atoms with Crippen molar-refractivity contribution in [2.45, 2.75) is 0 Å². The first kappa shape index (κ1) is 16.4. The number of nitrogens with one attached hydrogen (secondary N) is 2. The van der Waals surface area contributed by atoms with Crippen LogP contribution in [0.15, 0.2) is 12.1 Å². The van der Waals surface area contributed by atoms with Crippen molar-refractivity contribution in [1.82, 2.24) is 5.32 Å². The van der Waals surface area contributed by atoms with Gasteiger partial charge in [-0.05, 0) is 0 Å². The van der Waals surface area contributed by atoms with E-state index in [0.717, 1.165) is 0 Å². The Kier molecular flexibility index (Phi) is 6.97. The summed E-state index contributed by atoms with van der Waals surface area (Å²) in [7, 11) is 4.63. The number of hydrogen-bond donors (Lipinski definition) is 2. The Labute approximate surface area is 123 Å². The smallest absolute Gasteiger partial charge is 0.239 e. The van der Waals surface area contributed by atoms with Gasteiger partial charge in [-0.15, -0.1) is 0 Å². The van der Waals surface area contributed by atoms with E-state index in [1.54, 1.807) is 19.2 Å². The molecule has 0 aromatic heterocycles. The molecular formula is C13H19ClN2O4. The molecule has 7 heteroatoms. The number of benzene rings is 1. The highest BCUT2D eigenvalue weighted by Crippen LogP contribution is 2.35. The van der Waals surface area contributed by atoms with Crippen LogP contribution in [-0.4, -0.2) is 46.9 Å². The summed E-state index contributed by atoms with van der Waals surface area (Å²) in [5, 5.41) is 6.13. The van der Waals surface area contributed by atoms with Crippen molar-refractivity contribution in [3.05, 3.63) is 17.2 Å². The highest BCUT2D eigenvalue weighted by atomic mass is 35.5. The lowest BCUT2D eigenvalue weighted by atomic mass is 10.2. The summed E-state index contributed by atoms with van der Waals surface area (Å²) in [5.74, 6) is 0.910. The number of amides is 1. The Bertz CT molecular complexity index is 454. The van der Waals surface area contributed by atoms with Crippen molar-refractivity contribution in [2.24, 2.45) is 0 Å². The van der Waals surface area contributed by atoms with Gasteiger partial charge in [0.05, 0.1) is 38.1 Å². The van der Waals surface area contributed by atoms with Crippen LogP contribution in [-0.2, 0) is 9.53 Å². The summed E-state index contributed by atoms with van der Waals surface area (Å²) in [5.41, 5.74) is 0.635. The van der Waals surface area contributed by atoms with Crippen molar-refractivity contribution >= 4 is 23.2 Å². The van der Waals surface area contributed by atoms with E-state index in [2.05, 4.69) is 10.6 Å². The predicted octanol–water partition coefficient (Wildman–Crippen LogP) is 1.53. The molecule has 2 N–H and O–H groups in total. The van der Waals surface area contributed by atoms with Crippen LogP contribution in [0.3, 0.4) is 0 Å². The second kappa shape index (κ2) is 8.50. The number of rotatable bonds is 8. The Hall–Kier alpha value is -1.66. The topological polar surface area (TPSA) is 68.8 Å². The molecular weight excluding hydrogens is 284 g/mol. The van der Waals surface area contributed by atoms with Gasteiger partial charge in [-0.3, -0.25) is 4.79 Å². The summed E-state index contributed by atoms with van der Waals surface area (Å²) < 4.78 is 15.2. The summed E-state index contributed by atoms with van der Waals surface area (Å²) >= 11 is 6.00. The van der Waals surface area contributed by atoms with Gasteiger partial charge in [-0.25, -0.2) is 0 Å². The van der Waals surface area contributed by atoms with Crippen molar-refractivity contribution in [2.75, 3.05) is 46.3 Å². The zero-order valence-corrected chi connectivity index (χ0v) is 12.5. The number of ether oxygens (including phenoxy) is 3. The molecule has 0 aliphatic rings. The summed E-state index contributed by atoms with van der Waals surface area (Å²) in [4.78, 5) is 11.6. The van der Waals surface area contributed by atoms with E-state index < -0.39 is 0 Å². The van der Waals surface area contributed by atoms with Gasteiger partial charge in [-0.2, -0.15) is 0 Å². The van der Waals surface area contributed by atoms with Crippen LogP contribution in [0.2, 0.25) is 5.02 Å². The molecule has 0 radical (unpaired) electrons. The highest BCUT2D eigenvalue weighted by molar-refractivity contribution is 6.32. The first-order chi connectivity index (χ1) is 9.62. The maximum atomic E-state index is 11.6. The molecule has 0 saturated heterocycles. The van der Waals surface area contributed by atoms with Gasteiger partial charge < -0.3 is 24.8 Å². The lowest BCUT2D eigenvalue weighted by Crippen LogP contribution is -2.32. The van der Waals surface area contributed by atoms with Crippen LogP contribution in [0, 0.1) is 0 Å². The van der Waals surface area contributed by atoms with E-state index in [9.17, 15) is 4.79 Å². The Morgan fingerprint density at radius 1 is 1.20 bits per heavy atom. The molecule has 1 aromatic carbocycles. The zero-order chi connectivity index (χ0) is 15.0. The minimum atomic E-state index is -0.141. The van der Waals surface area contributed by atoms with Gasteiger partial charge in [-0.1, -0.05) is 11.6 Å². The average molecular weight is 303 g/mol. The van der Waals surface area contributed by atoms with Crippen LogP contribution in [0.25, 0.3) is 0 Å². The van der Waals surface area contributed by atoms with E-state index in [1.165, 1.54) is 14.2 Å². The molecule has 112 valence electrons. The molecule has 0 spiro atoms. The van der Waals surface area contributed by atoms with Gasteiger partial charge in [0.25, 0.3) is 0 Å². The fourth-order valence-corrected chi connectivity index (χ4v) is 1.76. The Morgan fingerprint density at radius 2 is 1.90 bits per heavy atom. The summed E-state index contributed by atoms with van der Waals surface area (Å²) in [6, 6.07) is 3.31. The molecule has 0 heterocycles. The van der Waals surface area contributed by atoms with Gasteiger partial charge in [0, 0.05) is 25.8 Å². The van der Waals surface area contributed by atoms with E-state index in [-0.39, 0.29) is 12.5 Å². The van der Waals surface area contributed by atoms with Gasteiger partial charge in [0.2, 0.25) is 5.91 Å². The SMILES string of the molecule is COCCNC(=O)CNc1cc(OC)c(Cl)cc1OC. The standard InChI is InChI=1S/C13H19ClN2O4/c1-18-5-4-15-13(17)8-16-10-7-11(19-2)9(14)6-12(10)20-3/h6-7,16H,4-5,8H2,1-3H3,(H,15,17). The lowest BCUT2D eigenvalue weighted by molar-refractivity contribution is -0.119. The number of anilines is 1. The fourth-order valence-electron chi connectivity index (χ4n) is 1.53. The Balaban J connectivity index is 2.64. The summed E-state index contributed by atoms with van der Waals surface area (Å²) in [6.45, 7) is 1.06. The third kappa shape index (κ3) is 4.79. The van der Waals surface area contributed by atoms with Gasteiger partial charge >= 0.3 is 0 Å². The third-order valence-electron chi connectivity index (χ3n) is 2.54. The maximum Gasteiger partial charge on any atom is 0.239 e. The second-order valence-electron chi connectivity index (χ2n) is 3.88. The highest BCUT2D eigenvalue weighted by Gasteiger charge is 2.10. The quantitative estimate of drug-likeness (QED) is 0.713. The number of halogens is 1. The van der Waals surface area contributed by atoms with Crippen molar-refractivity contribution < 1.29 is 19.0 Å². The number of hydrogen-bond acceptors (Lipinski definition) is 5. The lowest BCUT2D eigenvalue weighted by Gasteiger charge is -2.13. The fraction of sp³-hybridized carbons (Fsp3) is 0.462. The maximum absolute atomic E-state index is 11.6. The Morgan fingerprint density at radius 3 is 2.50 bits per heavy atom. The molecule has 1 rings (SSSR count). The minimum absolute atomic E-state index is 0.116. The molecule has 0 bridgehead atoms. The molecule has 0 aliphatic heterocycles. The minimum Gasteiger partial charge on any atom is -0.495 e. The van der Waals surface area contributed by atoms with Gasteiger partial charge in [0.15, 0.2) is 0 Å². The second-order valence-corrected chi connectivity index (χ2v) is 4.29. The zero-order valence-electron chi connectivity index (χ0n) is 11.8. The molecule has 6 nitrogen and oxygen atoms in total. The molecule has 1 aromatic rings. The molecule has 20 heavy (non-hydrogen) atoms. The normalized spacial score (nSPS) is 10.0. The van der Waals surface area contributed by atoms with E-state index in [4.69, 9.17) is 25.8 Å². The molecule has 0 atom stereocenters. The monoisotopic (exact) mass is 302 g/mol. The van der Waals surface area contributed by atoms with Crippen molar-refractivity contribution in [3.8, 4) is 11.5 Å². The first-order valence-electron chi connectivity index (χ1n) is 6.03. The van der Waals surface area contributed by atoms with Crippen LogP contribution >= 0.6 is 11.6 Å². The van der Waals surface area contributed by atoms with E-state index >= 15 is 0 Å². The number of carbonyl (C=O) groups is 1. The summed E-state index contributed by atoms with van der Waals surface area (Å²) in [6.07, 6.45) is 0. The molecule has 1 amide bonds. The molecule has 0 aliphatic carbocycles. The third-order valence-corrected chi connectivity index (χ3v) is 2.84. The first-order valence-corrected chi connectivity index (χ1v) is 6.41. The van der Waals surface area contributed by atoms with E-state index in [1.807, 2.05) is 0 Å². The largest absolute Gasteiger partial charge is 0.495 e. The van der Waals surface area contributed by atoms with Gasteiger partial charge in [0.1, 0.15) is 11.5 Å². The molecule has 0 unspecified atom stereocenters. The van der Waals surface area contributed by atoms with Crippen LogP contribution in [0.5, 0.6) is 11.5 Å².